The molecule has 98 valence electrons. The number of carbonyl (C=O) groups is 2. The predicted molar refractivity (Wildman–Crippen MR) is 63.9 cm³/mol. The van der Waals surface area contributed by atoms with Crippen LogP contribution in [0.15, 0.2) is 30.5 Å². The minimum atomic E-state index is -1.10. The van der Waals surface area contributed by atoms with Crippen molar-refractivity contribution in [3.63, 3.8) is 0 Å². The maximum absolute atomic E-state index is 11.8. The van der Waals surface area contributed by atoms with Gasteiger partial charge in [-0.2, -0.15) is 15.4 Å². The van der Waals surface area contributed by atoms with Crippen LogP contribution < -0.4 is 10.1 Å². The number of aromatic amines is 1. The number of benzene rings is 1. The first kappa shape index (κ1) is 12.6. The molecule has 0 spiro atoms. The van der Waals surface area contributed by atoms with Crippen molar-refractivity contribution in [2.24, 2.45) is 0 Å². The lowest BCUT2D eigenvalue weighted by molar-refractivity contribution is -0.139. The highest BCUT2D eigenvalue weighted by atomic mass is 16.5. The van der Waals surface area contributed by atoms with Gasteiger partial charge in [-0.1, -0.05) is 12.1 Å². The number of anilines is 1. The number of carboxylic acids is 1. The SMILES string of the molecule is O=C(O)COc1ccccc1NC(=O)c1cn[nH]n1. The van der Waals surface area contributed by atoms with Crippen molar-refractivity contribution in [1.29, 1.82) is 0 Å². The van der Waals surface area contributed by atoms with Crippen LogP contribution in [0, 0.1) is 0 Å². The van der Waals surface area contributed by atoms with Gasteiger partial charge >= 0.3 is 5.97 Å². The Bertz CT molecular complexity index is 582. The molecule has 1 aromatic carbocycles. The molecule has 3 N–H and O–H groups in total. The first-order valence-corrected chi connectivity index (χ1v) is 5.27. The Morgan fingerprint density at radius 3 is 2.84 bits per heavy atom. The van der Waals surface area contributed by atoms with Gasteiger partial charge in [0.25, 0.3) is 5.91 Å². The third-order valence-electron chi connectivity index (χ3n) is 2.13. The number of aliphatic carboxylic acids is 1. The van der Waals surface area contributed by atoms with Gasteiger partial charge in [0, 0.05) is 0 Å². The smallest absolute Gasteiger partial charge is 0.341 e. The van der Waals surface area contributed by atoms with E-state index in [0.717, 1.165) is 0 Å². The van der Waals surface area contributed by atoms with Gasteiger partial charge in [0.2, 0.25) is 0 Å². The van der Waals surface area contributed by atoms with E-state index in [2.05, 4.69) is 20.7 Å². The number of nitrogens with zero attached hydrogens (tertiary/aromatic N) is 2. The molecule has 0 aliphatic rings. The molecular formula is C11H10N4O4. The Labute approximate surface area is 107 Å². The van der Waals surface area contributed by atoms with Crippen molar-refractivity contribution in [2.75, 3.05) is 11.9 Å². The lowest BCUT2D eigenvalue weighted by Gasteiger charge is -2.10. The van der Waals surface area contributed by atoms with Gasteiger partial charge in [0.15, 0.2) is 12.3 Å². The van der Waals surface area contributed by atoms with Gasteiger partial charge in [-0.05, 0) is 12.1 Å². The van der Waals surface area contributed by atoms with E-state index < -0.39 is 18.5 Å². The molecule has 0 saturated carbocycles. The number of hydrogen-bond donors (Lipinski definition) is 3. The van der Waals surface area contributed by atoms with Crippen LogP contribution in [-0.2, 0) is 4.79 Å². The van der Waals surface area contributed by atoms with E-state index in [9.17, 15) is 9.59 Å². The van der Waals surface area contributed by atoms with Gasteiger partial charge in [0.05, 0.1) is 11.9 Å². The van der Waals surface area contributed by atoms with Crippen LogP contribution in [0.1, 0.15) is 10.5 Å². The van der Waals surface area contributed by atoms with E-state index in [1.54, 1.807) is 24.3 Å². The normalized spacial score (nSPS) is 9.89. The molecule has 1 heterocycles. The second kappa shape index (κ2) is 5.63. The van der Waals surface area contributed by atoms with Crippen LogP contribution in [0.4, 0.5) is 5.69 Å². The zero-order valence-corrected chi connectivity index (χ0v) is 9.66. The van der Waals surface area contributed by atoms with E-state index in [1.165, 1.54) is 6.20 Å². The van der Waals surface area contributed by atoms with Crippen LogP contribution in [-0.4, -0.2) is 39.0 Å². The Morgan fingerprint density at radius 1 is 1.37 bits per heavy atom. The molecule has 8 nitrogen and oxygen atoms in total. The highest BCUT2D eigenvalue weighted by Crippen LogP contribution is 2.23. The van der Waals surface area contributed by atoms with E-state index in [1.807, 2.05) is 0 Å². The monoisotopic (exact) mass is 262 g/mol. The third-order valence-corrected chi connectivity index (χ3v) is 2.13. The number of carboxylic acid groups (broad SMARTS) is 1. The topological polar surface area (TPSA) is 117 Å². The number of ether oxygens (including phenoxy) is 1. The lowest BCUT2D eigenvalue weighted by atomic mass is 10.3. The number of amides is 1. The maximum Gasteiger partial charge on any atom is 0.341 e. The molecule has 0 radical (unpaired) electrons. The minimum Gasteiger partial charge on any atom is -0.480 e. The molecule has 0 bridgehead atoms. The molecule has 19 heavy (non-hydrogen) atoms. The summed E-state index contributed by atoms with van der Waals surface area (Å²) in [7, 11) is 0. The number of para-hydroxylation sites is 2. The largest absolute Gasteiger partial charge is 0.480 e. The summed E-state index contributed by atoms with van der Waals surface area (Å²) in [6.45, 7) is -0.489. The van der Waals surface area contributed by atoms with Crippen LogP contribution in [0.3, 0.4) is 0 Å². The summed E-state index contributed by atoms with van der Waals surface area (Å²) < 4.78 is 5.06. The summed E-state index contributed by atoms with van der Waals surface area (Å²) in [5.41, 5.74) is 0.477. The lowest BCUT2D eigenvalue weighted by Crippen LogP contribution is -2.15. The molecule has 0 atom stereocenters. The highest BCUT2D eigenvalue weighted by molar-refractivity contribution is 6.03. The van der Waals surface area contributed by atoms with Crippen molar-refractivity contribution in [3.05, 3.63) is 36.2 Å². The van der Waals surface area contributed by atoms with Crippen LogP contribution in [0.5, 0.6) is 5.75 Å². The second-order valence-electron chi connectivity index (χ2n) is 3.49. The Hall–Kier alpha value is -2.90. The van der Waals surface area contributed by atoms with Gasteiger partial charge in [-0.15, -0.1) is 0 Å². The van der Waals surface area contributed by atoms with Gasteiger partial charge < -0.3 is 15.2 Å². The summed E-state index contributed by atoms with van der Waals surface area (Å²) in [5.74, 6) is -1.31. The standard InChI is InChI=1S/C11H10N4O4/c16-10(17)6-19-9-4-2-1-3-7(9)13-11(18)8-5-12-15-14-8/h1-5H,6H2,(H,13,18)(H,16,17)(H,12,14,15). The average Bonchev–Trinajstić information content (AvgIpc) is 2.91. The Kier molecular flexibility index (Phi) is 3.72. The molecule has 1 amide bonds. The predicted octanol–water partition coefficient (Wildman–Crippen LogP) is 0.520. The molecule has 0 aliphatic heterocycles. The fraction of sp³-hybridized carbons (Fsp3) is 0.0909. The van der Waals surface area contributed by atoms with Crippen molar-refractivity contribution in [1.82, 2.24) is 15.4 Å². The van der Waals surface area contributed by atoms with E-state index in [0.29, 0.717) is 5.69 Å². The zero-order chi connectivity index (χ0) is 13.7. The van der Waals surface area contributed by atoms with Crippen LogP contribution in [0.2, 0.25) is 0 Å². The molecule has 0 fully saturated rings. The highest BCUT2D eigenvalue weighted by Gasteiger charge is 2.12. The number of aromatic nitrogens is 3. The van der Waals surface area contributed by atoms with Crippen LogP contribution in [0.25, 0.3) is 0 Å². The Balaban J connectivity index is 2.11. The summed E-state index contributed by atoms with van der Waals surface area (Å²) in [6.07, 6.45) is 1.27. The minimum absolute atomic E-state index is 0.119. The molecule has 0 unspecified atom stereocenters. The van der Waals surface area contributed by atoms with E-state index in [4.69, 9.17) is 9.84 Å². The fourth-order valence-corrected chi connectivity index (χ4v) is 1.33. The van der Waals surface area contributed by atoms with Crippen molar-refractivity contribution < 1.29 is 19.4 Å². The summed E-state index contributed by atoms with van der Waals surface area (Å²) in [6, 6.07) is 6.51. The zero-order valence-electron chi connectivity index (χ0n) is 9.66. The summed E-state index contributed by atoms with van der Waals surface area (Å²) in [5, 5.41) is 20.6. The molecule has 0 saturated heterocycles. The Morgan fingerprint density at radius 2 is 2.16 bits per heavy atom. The molecule has 0 aliphatic carbocycles. The van der Waals surface area contributed by atoms with Crippen molar-refractivity contribution >= 4 is 17.6 Å². The molecule has 1 aromatic heterocycles. The number of H-pyrrole nitrogens is 1. The average molecular weight is 262 g/mol. The number of hydrogen-bond acceptors (Lipinski definition) is 5. The summed E-state index contributed by atoms with van der Waals surface area (Å²) in [4.78, 5) is 22.2. The number of rotatable bonds is 5. The third kappa shape index (κ3) is 3.28. The van der Waals surface area contributed by atoms with E-state index >= 15 is 0 Å². The summed E-state index contributed by atoms with van der Waals surface area (Å²) >= 11 is 0. The quantitative estimate of drug-likeness (QED) is 0.723. The fourth-order valence-electron chi connectivity index (χ4n) is 1.33. The maximum atomic E-state index is 11.8. The second-order valence-corrected chi connectivity index (χ2v) is 3.49. The van der Waals surface area contributed by atoms with E-state index in [-0.39, 0.29) is 11.4 Å². The molecule has 8 heteroatoms. The molecule has 2 aromatic rings. The van der Waals surface area contributed by atoms with Gasteiger partial charge in [-0.3, -0.25) is 4.79 Å². The molecular weight excluding hydrogens is 252 g/mol. The van der Waals surface area contributed by atoms with Gasteiger partial charge in [0.1, 0.15) is 5.75 Å². The van der Waals surface area contributed by atoms with Crippen LogP contribution >= 0.6 is 0 Å². The van der Waals surface area contributed by atoms with Crippen molar-refractivity contribution in [3.8, 4) is 5.75 Å². The van der Waals surface area contributed by atoms with Gasteiger partial charge in [-0.25, -0.2) is 4.79 Å². The molecule has 2 rings (SSSR count). The number of nitrogens with one attached hydrogen (secondary N) is 2. The first-order chi connectivity index (χ1) is 9.16. The van der Waals surface area contributed by atoms with Crippen molar-refractivity contribution in [2.45, 2.75) is 0 Å². The number of carbonyl (C=O) groups excluding carboxylic acids is 1. The first-order valence-electron chi connectivity index (χ1n) is 5.27.